The third-order valence-electron chi connectivity index (χ3n) is 4.08. The Balaban J connectivity index is 2.42. The van der Waals surface area contributed by atoms with Crippen molar-refractivity contribution in [2.45, 2.75) is 46.0 Å². The standard InChI is InChI=1S/C17H23NO5/c1-3-22-15-11-13(16(19)12-8-6-5-7-9-12)10-14(18(20)21)17(15)23-4-2/h10-12H,3-9H2,1-2H3. The molecule has 1 aliphatic rings. The maximum atomic E-state index is 12.7. The van der Waals surface area contributed by atoms with Gasteiger partial charge in [0.1, 0.15) is 0 Å². The molecule has 1 aliphatic carbocycles. The molecule has 0 atom stereocenters. The van der Waals surface area contributed by atoms with Crippen LogP contribution in [-0.4, -0.2) is 23.9 Å². The number of carbonyl (C=O) groups excluding carboxylic acids is 1. The number of carbonyl (C=O) groups is 1. The molecule has 1 saturated carbocycles. The van der Waals surface area contributed by atoms with Crippen LogP contribution in [0.5, 0.6) is 11.5 Å². The second-order valence-corrected chi connectivity index (χ2v) is 5.64. The fourth-order valence-corrected chi connectivity index (χ4v) is 3.02. The highest BCUT2D eigenvalue weighted by molar-refractivity contribution is 5.99. The van der Waals surface area contributed by atoms with E-state index < -0.39 is 4.92 Å². The first-order valence-electron chi connectivity index (χ1n) is 8.20. The van der Waals surface area contributed by atoms with E-state index in [9.17, 15) is 14.9 Å². The van der Waals surface area contributed by atoms with Crippen molar-refractivity contribution in [3.8, 4) is 11.5 Å². The summed E-state index contributed by atoms with van der Waals surface area (Å²) in [5.41, 5.74) is 0.132. The number of nitrogens with zero attached hydrogens (tertiary/aromatic N) is 1. The van der Waals surface area contributed by atoms with Gasteiger partial charge in [-0.3, -0.25) is 14.9 Å². The molecule has 6 heteroatoms. The maximum Gasteiger partial charge on any atom is 0.315 e. The minimum Gasteiger partial charge on any atom is -0.490 e. The number of rotatable bonds is 7. The molecule has 0 amide bonds. The lowest BCUT2D eigenvalue weighted by Gasteiger charge is -2.21. The van der Waals surface area contributed by atoms with Gasteiger partial charge in [-0.25, -0.2) is 0 Å². The molecular formula is C17H23NO5. The number of ketones is 1. The first kappa shape index (κ1) is 17.2. The van der Waals surface area contributed by atoms with Crippen molar-refractivity contribution in [3.63, 3.8) is 0 Å². The molecule has 1 aromatic rings. The molecular weight excluding hydrogens is 298 g/mol. The molecule has 0 saturated heterocycles. The Morgan fingerprint density at radius 2 is 1.83 bits per heavy atom. The highest BCUT2D eigenvalue weighted by atomic mass is 16.6. The fourth-order valence-electron chi connectivity index (χ4n) is 3.02. The van der Waals surface area contributed by atoms with Crippen molar-refractivity contribution in [2.24, 2.45) is 5.92 Å². The van der Waals surface area contributed by atoms with Gasteiger partial charge in [-0.2, -0.15) is 0 Å². The molecule has 0 N–H and O–H groups in total. The Bertz CT molecular complexity index is 579. The van der Waals surface area contributed by atoms with E-state index >= 15 is 0 Å². The van der Waals surface area contributed by atoms with Crippen LogP contribution in [0.1, 0.15) is 56.3 Å². The zero-order valence-electron chi connectivity index (χ0n) is 13.7. The third-order valence-corrected chi connectivity index (χ3v) is 4.08. The fraction of sp³-hybridized carbons (Fsp3) is 0.588. The van der Waals surface area contributed by atoms with Crippen molar-refractivity contribution >= 4 is 11.5 Å². The molecule has 0 aliphatic heterocycles. The highest BCUT2D eigenvalue weighted by Gasteiger charge is 2.28. The van der Waals surface area contributed by atoms with Crippen LogP contribution in [0.2, 0.25) is 0 Å². The van der Waals surface area contributed by atoms with Crippen LogP contribution in [0.3, 0.4) is 0 Å². The SMILES string of the molecule is CCOc1cc(C(=O)C2CCCCC2)cc([N+](=O)[O-])c1OCC. The van der Waals surface area contributed by atoms with Gasteiger partial charge in [0, 0.05) is 17.5 Å². The van der Waals surface area contributed by atoms with Gasteiger partial charge in [0.2, 0.25) is 5.75 Å². The van der Waals surface area contributed by atoms with E-state index in [1.165, 1.54) is 6.07 Å². The molecule has 1 aromatic carbocycles. The summed E-state index contributed by atoms with van der Waals surface area (Å²) in [7, 11) is 0. The quantitative estimate of drug-likeness (QED) is 0.428. The second-order valence-electron chi connectivity index (χ2n) is 5.64. The molecule has 0 radical (unpaired) electrons. The number of benzene rings is 1. The van der Waals surface area contributed by atoms with Crippen LogP contribution in [0, 0.1) is 16.0 Å². The number of nitro groups is 1. The number of ether oxygens (including phenoxy) is 2. The summed E-state index contributed by atoms with van der Waals surface area (Å²) in [6.45, 7) is 4.17. The van der Waals surface area contributed by atoms with Crippen LogP contribution in [0.15, 0.2) is 12.1 Å². The number of Topliss-reactive ketones (excluding diaryl/α,β-unsaturated/α-hetero) is 1. The monoisotopic (exact) mass is 321 g/mol. The lowest BCUT2D eigenvalue weighted by atomic mass is 9.84. The van der Waals surface area contributed by atoms with Crippen molar-refractivity contribution < 1.29 is 19.2 Å². The molecule has 0 unspecified atom stereocenters. The van der Waals surface area contributed by atoms with Crippen molar-refractivity contribution in [1.82, 2.24) is 0 Å². The van der Waals surface area contributed by atoms with Crippen LogP contribution >= 0.6 is 0 Å². The highest BCUT2D eigenvalue weighted by Crippen LogP contribution is 2.40. The minimum absolute atomic E-state index is 0.0307. The average Bonchev–Trinajstić information content (AvgIpc) is 2.56. The summed E-state index contributed by atoms with van der Waals surface area (Å²) >= 11 is 0. The molecule has 6 nitrogen and oxygen atoms in total. The van der Waals surface area contributed by atoms with Crippen LogP contribution in [0.25, 0.3) is 0 Å². The van der Waals surface area contributed by atoms with E-state index in [0.717, 1.165) is 32.1 Å². The lowest BCUT2D eigenvalue weighted by molar-refractivity contribution is -0.386. The van der Waals surface area contributed by atoms with E-state index in [2.05, 4.69) is 0 Å². The Hall–Kier alpha value is -2.11. The normalized spacial score (nSPS) is 15.2. The van der Waals surface area contributed by atoms with Gasteiger partial charge < -0.3 is 9.47 Å². The lowest BCUT2D eigenvalue weighted by Crippen LogP contribution is -2.18. The van der Waals surface area contributed by atoms with E-state index in [4.69, 9.17) is 9.47 Å². The van der Waals surface area contributed by atoms with Gasteiger partial charge >= 0.3 is 5.69 Å². The second kappa shape index (κ2) is 7.94. The van der Waals surface area contributed by atoms with Gasteiger partial charge in [-0.15, -0.1) is 0 Å². The van der Waals surface area contributed by atoms with Gasteiger partial charge in [-0.1, -0.05) is 19.3 Å². The van der Waals surface area contributed by atoms with Gasteiger partial charge in [0.15, 0.2) is 11.5 Å². The van der Waals surface area contributed by atoms with E-state index in [1.54, 1.807) is 19.9 Å². The number of nitro benzene ring substituents is 1. The zero-order valence-corrected chi connectivity index (χ0v) is 13.7. The minimum atomic E-state index is -0.523. The smallest absolute Gasteiger partial charge is 0.315 e. The maximum absolute atomic E-state index is 12.7. The Morgan fingerprint density at radius 1 is 1.17 bits per heavy atom. The molecule has 0 heterocycles. The molecule has 23 heavy (non-hydrogen) atoms. The Morgan fingerprint density at radius 3 is 2.39 bits per heavy atom. The molecule has 0 bridgehead atoms. The summed E-state index contributed by atoms with van der Waals surface area (Å²) in [5, 5.41) is 11.4. The van der Waals surface area contributed by atoms with E-state index in [0.29, 0.717) is 12.2 Å². The van der Waals surface area contributed by atoms with Crippen molar-refractivity contribution in [3.05, 3.63) is 27.8 Å². The Kier molecular flexibility index (Phi) is 5.96. The first-order chi connectivity index (χ1) is 11.1. The van der Waals surface area contributed by atoms with Crippen LogP contribution in [-0.2, 0) is 0 Å². The largest absolute Gasteiger partial charge is 0.490 e. The van der Waals surface area contributed by atoms with Gasteiger partial charge in [-0.05, 0) is 32.8 Å². The summed E-state index contributed by atoms with van der Waals surface area (Å²) in [6, 6.07) is 2.91. The topological polar surface area (TPSA) is 78.7 Å². The van der Waals surface area contributed by atoms with Crippen LogP contribution in [0.4, 0.5) is 5.69 Å². The summed E-state index contributed by atoms with van der Waals surface area (Å²) < 4.78 is 10.9. The number of hydrogen-bond acceptors (Lipinski definition) is 5. The third kappa shape index (κ3) is 4.00. The van der Waals surface area contributed by atoms with E-state index in [-0.39, 0.29) is 35.5 Å². The molecule has 0 spiro atoms. The van der Waals surface area contributed by atoms with Crippen molar-refractivity contribution in [1.29, 1.82) is 0 Å². The Labute approximate surface area is 135 Å². The predicted molar refractivity (Wildman–Crippen MR) is 86.3 cm³/mol. The first-order valence-corrected chi connectivity index (χ1v) is 8.20. The van der Waals surface area contributed by atoms with Gasteiger partial charge in [0.25, 0.3) is 0 Å². The predicted octanol–water partition coefficient (Wildman–Crippen LogP) is 4.16. The molecule has 2 rings (SSSR count). The summed E-state index contributed by atoms with van der Waals surface area (Å²) in [4.78, 5) is 23.5. The van der Waals surface area contributed by atoms with Crippen molar-refractivity contribution in [2.75, 3.05) is 13.2 Å². The summed E-state index contributed by atoms with van der Waals surface area (Å²) in [5.74, 6) is 0.287. The average molecular weight is 321 g/mol. The zero-order chi connectivity index (χ0) is 16.8. The molecule has 0 aromatic heterocycles. The number of hydrogen-bond donors (Lipinski definition) is 0. The summed E-state index contributed by atoms with van der Waals surface area (Å²) in [6.07, 6.45) is 4.92. The molecule has 1 fully saturated rings. The van der Waals surface area contributed by atoms with Gasteiger partial charge in [0.05, 0.1) is 18.1 Å². The van der Waals surface area contributed by atoms with Crippen LogP contribution < -0.4 is 9.47 Å². The molecule has 126 valence electrons. The van der Waals surface area contributed by atoms with E-state index in [1.807, 2.05) is 0 Å².